The predicted octanol–water partition coefficient (Wildman–Crippen LogP) is 2.17. The van der Waals surface area contributed by atoms with E-state index in [4.69, 9.17) is 10.5 Å². The van der Waals surface area contributed by atoms with Crippen LogP contribution < -0.4 is 5.73 Å². The summed E-state index contributed by atoms with van der Waals surface area (Å²) in [5.74, 6) is 2.46. The van der Waals surface area contributed by atoms with E-state index in [1.807, 2.05) is 7.11 Å². The van der Waals surface area contributed by atoms with E-state index in [1.54, 1.807) is 0 Å². The van der Waals surface area contributed by atoms with Crippen LogP contribution in [0.2, 0.25) is 0 Å². The zero-order valence-electron chi connectivity index (χ0n) is 9.91. The monoisotopic (exact) mass is 209 g/mol. The van der Waals surface area contributed by atoms with Gasteiger partial charge in [-0.05, 0) is 55.3 Å². The van der Waals surface area contributed by atoms with Gasteiger partial charge in [-0.1, -0.05) is 6.92 Å². The Labute approximate surface area is 92.6 Å². The second-order valence-corrected chi connectivity index (χ2v) is 6.19. The van der Waals surface area contributed by atoms with Gasteiger partial charge < -0.3 is 10.5 Å². The Morgan fingerprint density at radius 2 is 2.07 bits per heavy atom. The number of ether oxygens (including phenoxy) is 1. The number of fused-ring (bicyclic) bond motifs is 3. The Hall–Kier alpha value is -0.0800. The van der Waals surface area contributed by atoms with Gasteiger partial charge in [-0.3, -0.25) is 0 Å². The summed E-state index contributed by atoms with van der Waals surface area (Å²) in [4.78, 5) is 0. The van der Waals surface area contributed by atoms with Gasteiger partial charge in [-0.25, -0.2) is 0 Å². The largest absolute Gasteiger partial charge is 0.381 e. The van der Waals surface area contributed by atoms with Gasteiger partial charge in [0.2, 0.25) is 0 Å². The maximum absolute atomic E-state index is 6.48. The molecule has 86 valence electrons. The van der Waals surface area contributed by atoms with Gasteiger partial charge in [-0.2, -0.15) is 0 Å². The highest BCUT2D eigenvalue weighted by atomic mass is 16.5. The van der Waals surface area contributed by atoms with Gasteiger partial charge in [-0.15, -0.1) is 0 Å². The van der Waals surface area contributed by atoms with E-state index in [2.05, 4.69) is 6.92 Å². The molecule has 3 aliphatic carbocycles. The molecule has 2 bridgehead atoms. The molecular weight excluding hydrogens is 186 g/mol. The lowest BCUT2D eigenvalue weighted by Gasteiger charge is -2.39. The molecule has 2 heteroatoms. The smallest absolute Gasteiger partial charge is 0.0603 e. The SMILES string of the molecule is CO[C@H]1C[C@]2(C[C@@H]1C)[C@H]1CC[C@H](C1)[C@H]2N. The second-order valence-electron chi connectivity index (χ2n) is 6.19. The lowest BCUT2D eigenvalue weighted by molar-refractivity contribution is 0.0593. The number of rotatable bonds is 1. The first-order valence-corrected chi connectivity index (χ1v) is 6.46. The average molecular weight is 209 g/mol. The lowest BCUT2D eigenvalue weighted by atomic mass is 9.68. The number of methoxy groups -OCH3 is 1. The fraction of sp³-hybridized carbons (Fsp3) is 1.00. The molecule has 0 saturated heterocycles. The molecule has 6 atom stereocenters. The molecule has 0 aliphatic heterocycles. The van der Waals surface area contributed by atoms with E-state index in [9.17, 15) is 0 Å². The fourth-order valence-corrected chi connectivity index (χ4v) is 4.92. The van der Waals surface area contributed by atoms with Gasteiger partial charge in [0.05, 0.1) is 6.10 Å². The van der Waals surface area contributed by atoms with Crippen LogP contribution in [-0.4, -0.2) is 19.3 Å². The van der Waals surface area contributed by atoms with E-state index >= 15 is 0 Å². The Balaban J connectivity index is 1.86. The van der Waals surface area contributed by atoms with Gasteiger partial charge in [0.15, 0.2) is 0 Å². The Kier molecular flexibility index (Phi) is 2.16. The summed E-state index contributed by atoms with van der Waals surface area (Å²) in [6.45, 7) is 2.33. The number of nitrogens with two attached hydrogens (primary N) is 1. The predicted molar refractivity (Wildman–Crippen MR) is 60.4 cm³/mol. The van der Waals surface area contributed by atoms with Crippen molar-refractivity contribution in [3.8, 4) is 0 Å². The molecular formula is C13H23NO. The zero-order valence-corrected chi connectivity index (χ0v) is 9.91. The molecule has 3 saturated carbocycles. The van der Waals surface area contributed by atoms with Gasteiger partial charge in [0.1, 0.15) is 0 Å². The van der Waals surface area contributed by atoms with Crippen LogP contribution >= 0.6 is 0 Å². The molecule has 2 N–H and O–H groups in total. The van der Waals surface area contributed by atoms with Crippen LogP contribution in [-0.2, 0) is 4.74 Å². The van der Waals surface area contributed by atoms with Crippen molar-refractivity contribution in [1.29, 1.82) is 0 Å². The Bertz CT molecular complexity index is 263. The summed E-state index contributed by atoms with van der Waals surface area (Å²) in [5, 5.41) is 0. The van der Waals surface area contributed by atoms with Crippen LogP contribution in [0.5, 0.6) is 0 Å². The quantitative estimate of drug-likeness (QED) is 0.718. The van der Waals surface area contributed by atoms with Crippen LogP contribution in [0.25, 0.3) is 0 Å². The summed E-state index contributed by atoms with van der Waals surface area (Å²) >= 11 is 0. The zero-order chi connectivity index (χ0) is 10.6. The molecule has 0 aromatic rings. The molecule has 3 aliphatic rings. The van der Waals surface area contributed by atoms with E-state index < -0.39 is 0 Å². The van der Waals surface area contributed by atoms with Crippen molar-refractivity contribution < 1.29 is 4.74 Å². The molecule has 0 aromatic heterocycles. The normalized spacial score (nSPS) is 58.2. The minimum absolute atomic E-state index is 0.461. The first kappa shape index (κ1) is 10.1. The van der Waals surface area contributed by atoms with Crippen molar-refractivity contribution in [2.45, 2.75) is 51.2 Å². The highest BCUT2D eigenvalue weighted by molar-refractivity contribution is 5.12. The van der Waals surface area contributed by atoms with Crippen molar-refractivity contribution in [3.05, 3.63) is 0 Å². The number of hydrogen-bond acceptors (Lipinski definition) is 2. The molecule has 3 rings (SSSR count). The second kappa shape index (κ2) is 3.21. The van der Waals surface area contributed by atoms with Crippen LogP contribution in [0.3, 0.4) is 0 Å². The molecule has 0 radical (unpaired) electrons. The first-order valence-electron chi connectivity index (χ1n) is 6.46. The summed E-state index contributed by atoms with van der Waals surface area (Å²) in [6.07, 6.45) is 7.24. The Morgan fingerprint density at radius 3 is 2.60 bits per heavy atom. The summed E-state index contributed by atoms with van der Waals surface area (Å²) < 4.78 is 5.61. The van der Waals surface area contributed by atoms with Crippen molar-refractivity contribution in [2.24, 2.45) is 28.9 Å². The fourth-order valence-electron chi connectivity index (χ4n) is 4.92. The van der Waals surface area contributed by atoms with E-state index in [0.29, 0.717) is 23.5 Å². The molecule has 1 spiro atoms. The van der Waals surface area contributed by atoms with Crippen molar-refractivity contribution >= 4 is 0 Å². The van der Waals surface area contributed by atoms with Crippen molar-refractivity contribution in [3.63, 3.8) is 0 Å². The van der Waals surface area contributed by atoms with Crippen LogP contribution in [0.1, 0.15) is 39.0 Å². The third kappa shape index (κ3) is 1.18. The topological polar surface area (TPSA) is 35.2 Å². The molecule has 2 nitrogen and oxygen atoms in total. The molecule has 0 amide bonds. The summed E-state index contributed by atoms with van der Waals surface area (Å²) in [6, 6.07) is 0.471. The highest BCUT2D eigenvalue weighted by Gasteiger charge is 2.60. The highest BCUT2D eigenvalue weighted by Crippen LogP contribution is 2.63. The molecule has 3 fully saturated rings. The molecule has 0 aromatic carbocycles. The minimum atomic E-state index is 0.461. The van der Waals surface area contributed by atoms with Crippen molar-refractivity contribution in [2.75, 3.05) is 7.11 Å². The third-order valence-corrected chi connectivity index (χ3v) is 5.68. The third-order valence-electron chi connectivity index (χ3n) is 5.68. The first-order chi connectivity index (χ1) is 7.17. The van der Waals surface area contributed by atoms with Crippen molar-refractivity contribution in [1.82, 2.24) is 0 Å². The molecule has 0 unspecified atom stereocenters. The van der Waals surface area contributed by atoms with Crippen LogP contribution in [0.15, 0.2) is 0 Å². The summed E-state index contributed by atoms with van der Waals surface area (Å²) in [5.41, 5.74) is 6.95. The maximum Gasteiger partial charge on any atom is 0.0603 e. The van der Waals surface area contributed by atoms with E-state index in [-0.39, 0.29) is 0 Å². The summed E-state index contributed by atoms with van der Waals surface area (Å²) in [7, 11) is 1.86. The van der Waals surface area contributed by atoms with Gasteiger partial charge >= 0.3 is 0 Å². The minimum Gasteiger partial charge on any atom is -0.381 e. The lowest BCUT2D eigenvalue weighted by Crippen LogP contribution is -2.45. The van der Waals surface area contributed by atoms with E-state index in [0.717, 1.165) is 11.8 Å². The van der Waals surface area contributed by atoms with E-state index in [1.165, 1.54) is 32.1 Å². The maximum atomic E-state index is 6.48. The standard InChI is InChI=1S/C13H23NO/c1-8-6-13(7-11(8)15-2)10-4-3-9(5-10)12(13)14/h8-12H,3-7,14H2,1-2H3/t8-,9+,10-,11-,12+,13+/m0/s1. The molecule has 15 heavy (non-hydrogen) atoms. The number of hydrogen-bond donors (Lipinski definition) is 1. The van der Waals surface area contributed by atoms with Gasteiger partial charge in [0, 0.05) is 13.2 Å². The average Bonchev–Trinajstić information content (AvgIpc) is 2.85. The van der Waals surface area contributed by atoms with Crippen LogP contribution in [0.4, 0.5) is 0 Å². The van der Waals surface area contributed by atoms with Gasteiger partial charge in [0.25, 0.3) is 0 Å². The Morgan fingerprint density at radius 1 is 1.27 bits per heavy atom. The van der Waals surface area contributed by atoms with Crippen LogP contribution in [0, 0.1) is 23.2 Å². The molecule has 0 heterocycles.